The van der Waals surface area contributed by atoms with Crippen molar-refractivity contribution < 1.29 is 0 Å². The second kappa shape index (κ2) is 2.39. The average molecular weight is 268 g/mol. The van der Waals surface area contributed by atoms with Crippen LogP contribution in [0.3, 0.4) is 0 Å². The SMILES string of the molecule is Clc1cnc2c(n1)NN=I2. The van der Waals surface area contributed by atoms with Crippen LogP contribution in [0.1, 0.15) is 0 Å². The molecular weight excluding hydrogens is 266 g/mol. The summed E-state index contributed by atoms with van der Waals surface area (Å²) in [6.45, 7) is 0. The minimum atomic E-state index is -0.309. The molecule has 0 radical (unpaired) electrons. The molecule has 4 nitrogen and oxygen atoms in total. The van der Waals surface area contributed by atoms with E-state index in [1.807, 2.05) is 0 Å². The number of hydrogen-bond acceptors (Lipinski definition) is 4. The van der Waals surface area contributed by atoms with Crippen LogP contribution in [-0.4, -0.2) is 9.97 Å². The lowest BCUT2D eigenvalue weighted by atomic mass is 10.7. The predicted molar refractivity (Wildman–Crippen MR) is 45.8 cm³/mol. The van der Waals surface area contributed by atoms with Gasteiger partial charge in [-0.1, -0.05) is 11.6 Å². The Morgan fingerprint density at radius 2 is 2.50 bits per heavy atom. The maximum atomic E-state index is 5.58. The van der Waals surface area contributed by atoms with Gasteiger partial charge in [-0.15, -0.1) is 3.25 Å². The zero-order valence-electron chi connectivity index (χ0n) is 4.67. The number of anilines is 1. The molecule has 1 aromatic heterocycles. The van der Waals surface area contributed by atoms with E-state index in [-0.39, 0.29) is 21.0 Å². The predicted octanol–water partition coefficient (Wildman–Crippen LogP) is 1.79. The minimum Gasteiger partial charge on any atom is -0.254 e. The number of rotatable bonds is 0. The fraction of sp³-hybridized carbons (Fsp3) is 0. The van der Waals surface area contributed by atoms with Crippen LogP contribution in [0, 0.1) is 3.70 Å². The molecule has 0 bridgehead atoms. The maximum Gasteiger partial charge on any atom is 0.181 e. The lowest BCUT2D eigenvalue weighted by Gasteiger charge is -1.93. The van der Waals surface area contributed by atoms with E-state index in [0.29, 0.717) is 5.15 Å². The first-order valence-corrected chi connectivity index (χ1v) is 4.91. The standard InChI is InChI=1S/C4H2ClIN4/c5-2-1-7-3-4(8-2)9-10-6-3/h1H,(H,8,9). The molecule has 6 heteroatoms. The Morgan fingerprint density at radius 1 is 1.60 bits per heavy atom. The van der Waals surface area contributed by atoms with Gasteiger partial charge in [0.1, 0.15) is 5.15 Å². The van der Waals surface area contributed by atoms with Crippen LogP contribution in [0.25, 0.3) is 0 Å². The highest BCUT2D eigenvalue weighted by Crippen LogP contribution is 2.26. The fourth-order valence-corrected chi connectivity index (χ4v) is 2.03. The van der Waals surface area contributed by atoms with Crippen LogP contribution in [0.2, 0.25) is 5.15 Å². The second-order valence-electron chi connectivity index (χ2n) is 1.61. The van der Waals surface area contributed by atoms with Crippen LogP contribution >= 0.6 is 32.6 Å². The van der Waals surface area contributed by atoms with Crippen LogP contribution in [-0.2, 0) is 0 Å². The quantitative estimate of drug-likeness (QED) is 0.730. The summed E-state index contributed by atoms with van der Waals surface area (Å²) >= 11 is 5.27. The molecule has 1 N–H and O–H groups in total. The summed E-state index contributed by atoms with van der Waals surface area (Å²) in [5.74, 6) is 0.723. The molecule has 0 atom stereocenters. The van der Waals surface area contributed by atoms with Crippen molar-refractivity contribution in [3.05, 3.63) is 15.1 Å². The molecule has 1 aliphatic heterocycles. The van der Waals surface area contributed by atoms with Gasteiger partial charge in [0.05, 0.1) is 27.2 Å². The first-order valence-electron chi connectivity index (χ1n) is 2.49. The highest BCUT2D eigenvalue weighted by molar-refractivity contribution is 14.2. The largest absolute Gasteiger partial charge is 0.254 e. The molecule has 52 valence electrons. The van der Waals surface area contributed by atoms with Gasteiger partial charge in [-0.3, -0.25) is 5.43 Å². The monoisotopic (exact) mass is 268 g/mol. The van der Waals surface area contributed by atoms with Crippen LogP contribution in [0.5, 0.6) is 0 Å². The van der Waals surface area contributed by atoms with E-state index in [1.54, 1.807) is 6.20 Å². The van der Waals surface area contributed by atoms with Crippen LogP contribution < -0.4 is 5.43 Å². The Morgan fingerprint density at radius 3 is 3.40 bits per heavy atom. The normalized spacial score (nSPS) is 13.7. The van der Waals surface area contributed by atoms with Crippen molar-refractivity contribution in [2.45, 2.75) is 0 Å². The van der Waals surface area contributed by atoms with E-state index in [0.717, 1.165) is 9.52 Å². The Labute approximate surface area is 72.1 Å². The third kappa shape index (κ3) is 0.988. The van der Waals surface area contributed by atoms with Gasteiger partial charge in [-0.25, -0.2) is 9.97 Å². The molecule has 0 spiro atoms. The second-order valence-corrected chi connectivity index (χ2v) is 3.99. The first-order chi connectivity index (χ1) is 4.86. The van der Waals surface area contributed by atoms with Crippen molar-refractivity contribution in [1.82, 2.24) is 9.97 Å². The van der Waals surface area contributed by atoms with Gasteiger partial charge >= 0.3 is 0 Å². The smallest absolute Gasteiger partial charge is 0.181 e. The third-order valence-corrected chi connectivity index (χ3v) is 2.88. The summed E-state index contributed by atoms with van der Waals surface area (Å²) in [5, 5.41) is 0.410. The average Bonchev–Trinajstić information content (AvgIpc) is 2.33. The molecule has 0 fully saturated rings. The summed E-state index contributed by atoms with van der Waals surface area (Å²) in [5.41, 5.74) is 2.76. The Bertz CT molecular complexity index is 299. The van der Waals surface area contributed by atoms with E-state index in [9.17, 15) is 0 Å². The summed E-state index contributed by atoms with van der Waals surface area (Å²) in [7, 11) is 0. The van der Waals surface area contributed by atoms with Gasteiger partial charge in [-0.05, 0) is 0 Å². The third-order valence-electron chi connectivity index (χ3n) is 0.969. The molecule has 2 rings (SSSR count). The number of nitrogens with zero attached hydrogens (tertiary/aromatic N) is 3. The number of aromatic nitrogens is 2. The molecule has 2 heterocycles. The van der Waals surface area contributed by atoms with E-state index in [2.05, 4.69) is 18.6 Å². The molecule has 0 amide bonds. The molecule has 1 aromatic rings. The molecule has 0 unspecified atom stereocenters. The maximum absolute atomic E-state index is 5.58. The van der Waals surface area contributed by atoms with Crippen molar-refractivity contribution in [1.29, 1.82) is 0 Å². The zero-order chi connectivity index (χ0) is 6.97. The highest BCUT2D eigenvalue weighted by Gasteiger charge is 2.08. The van der Waals surface area contributed by atoms with Gasteiger partial charge in [0, 0.05) is 0 Å². The number of hydrogen-bond donors (Lipinski definition) is 1. The molecule has 1 aliphatic rings. The van der Waals surface area contributed by atoms with Crippen LogP contribution in [0.15, 0.2) is 9.45 Å². The minimum absolute atomic E-state index is 0.309. The zero-order valence-corrected chi connectivity index (χ0v) is 7.59. The van der Waals surface area contributed by atoms with E-state index in [4.69, 9.17) is 11.6 Å². The summed E-state index contributed by atoms with van der Waals surface area (Å²) in [6.07, 6.45) is 1.54. The molecule has 0 aliphatic carbocycles. The highest BCUT2D eigenvalue weighted by atomic mass is 127. The van der Waals surface area contributed by atoms with Crippen molar-refractivity contribution in [2.24, 2.45) is 3.25 Å². The lowest BCUT2D eigenvalue weighted by Crippen LogP contribution is -1.91. The number of halogens is 2. The van der Waals surface area contributed by atoms with Crippen molar-refractivity contribution in [3.8, 4) is 0 Å². The van der Waals surface area contributed by atoms with Crippen molar-refractivity contribution >= 4 is 38.5 Å². The van der Waals surface area contributed by atoms with Gasteiger partial charge in [-0.2, -0.15) is 0 Å². The Balaban J connectivity index is 2.59. The van der Waals surface area contributed by atoms with E-state index >= 15 is 0 Å². The Hall–Kier alpha value is -0.300. The van der Waals surface area contributed by atoms with E-state index in [1.165, 1.54) is 0 Å². The van der Waals surface area contributed by atoms with Gasteiger partial charge in [0.15, 0.2) is 9.52 Å². The first kappa shape index (κ1) is 6.41. The summed E-state index contributed by atoms with van der Waals surface area (Å²) in [4.78, 5) is 8.04. The van der Waals surface area contributed by atoms with Crippen molar-refractivity contribution in [3.63, 3.8) is 0 Å². The van der Waals surface area contributed by atoms with E-state index < -0.39 is 0 Å². The molecule has 10 heavy (non-hydrogen) atoms. The van der Waals surface area contributed by atoms with Gasteiger partial charge in [0.25, 0.3) is 0 Å². The topological polar surface area (TPSA) is 50.2 Å². The van der Waals surface area contributed by atoms with Crippen molar-refractivity contribution in [2.75, 3.05) is 5.43 Å². The lowest BCUT2D eigenvalue weighted by molar-refractivity contribution is 1.14. The fourth-order valence-electron chi connectivity index (χ4n) is 0.587. The Kier molecular flexibility index (Phi) is 1.53. The summed E-state index contributed by atoms with van der Waals surface area (Å²) in [6, 6.07) is 0. The number of fused-ring (bicyclic) bond motifs is 1. The number of nitrogens with one attached hydrogen (secondary N) is 1. The van der Waals surface area contributed by atoms with Gasteiger partial charge in [0.2, 0.25) is 0 Å². The summed E-state index contributed by atoms with van der Waals surface area (Å²) < 4.78 is 4.93. The molecule has 0 saturated heterocycles. The molecular formula is C4H2ClIN4. The molecule has 0 aromatic carbocycles. The van der Waals surface area contributed by atoms with Gasteiger partial charge < -0.3 is 0 Å². The molecule has 0 saturated carbocycles. The van der Waals surface area contributed by atoms with Crippen LogP contribution in [0.4, 0.5) is 5.82 Å².